The average Bonchev–Trinajstić information content (AvgIpc) is 2.68. The second-order valence-electron chi connectivity index (χ2n) is 4.29. The van der Waals surface area contributed by atoms with Crippen LogP contribution in [0.25, 0.3) is 0 Å². The Bertz CT molecular complexity index is 360. The van der Waals surface area contributed by atoms with E-state index in [-0.39, 0.29) is 0 Å². The first-order chi connectivity index (χ1) is 7.79. The predicted molar refractivity (Wildman–Crippen MR) is 67.6 cm³/mol. The molecule has 0 saturated heterocycles. The molecule has 0 heterocycles. The minimum absolute atomic E-state index is 0.415. The molecule has 1 aromatic carbocycles. The van der Waals surface area contributed by atoms with Crippen LogP contribution >= 0.6 is 0 Å². The lowest BCUT2D eigenvalue weighted by Gasteiger charge is -2.12. The lowest BCUT2D eigenvalue weighted by atomic mass is 10.1. The van der Waals surface area contributed by atoms with E-state index in [0.717, 1.165) is 25.8 Å². The van der Waals surface area contributed by atoms with Gasteiger partial charge in [0.05, 0.1) is 0 Å². The maximum Gasteiger partial charge on any atom is 0.188 e. The quantitative estimate of drug-likeness (QED) is 0.595. The van der Waals surface area contributed by atoms with E-state index >= 15 is 0 Å². The molecule has 86 valence electrons. The van der Waals surface area contributed by atoms with Gasteiger partial charge >= 0.3 is 0 Å². The van der Waals surface area contributed by atoms with Crippen LogP contribution in [0.15, 0.2) is 29.3 Å². The summed E-state index contributed by atoms with van der Waals surface area (Å²) < 4.78 is 0. The molecule has 0 atom stereocenters. The number of nitrogens with one attached hydrogen (secondary N) is 1. The first-order valence-corrected chi connectivity index (χ1v) is 5.93. The molecule has 0 radical (unpaired) electrons. The normalized spacial score (nSPS) is 16.2. The number of rotatable bonds is 3. The lowest BCUT2D eigenvalue weighted by molar-refractivity contribution is 0.638. The molecule has 1 aliphatic rings. The molecule has 0 unspecified atom stereocenters. The Morgan fingerprint density at radius 2 is 2.00 bits per heavy atom. The Morgan fingerprint density at radius 3 is 2.56 bits per heavy atom. The van der Waals surface area contributed by atoms with Gasteiger partial charge in [0.2, 0.25) is 0 Å². The van der Waals surface area contributed by atoms with Crippen LogP contribution < -0.4 is 11.1 Å². The van der Waals surface area contributed by atoms with Crippen molar-refractivity contribution in [2.24, 2.45) is 10.7 Å². The zero-order valence-corrected chi connectivity index (χ0v) is 9.74. The fraction of sp³-hybridized carbons (Fsp3) is 0.462. The van der Waals surface area contributed by atoms with Gasteiger partial charge in [-0.2, -0.15) is 0 Å². The van der Waals surface area contributed by atoms with E-state index in [1.807, 2.05) is 0 Å². The first kappa shape index (κ1) is 11.0. The number of benzene rings is 1. The minimum atomic E-state index is 0.415. The summed E-state index contributed by atoms with van der Waals surface area (Å²) in [6.07, 6.45) is 3.14. The number of nitrogens with zero attached hydrogens (tertiary/aromatic N) is 1. The van der Waals surface area contributed by atoms with Crippen molar-refractivity contribution in [1.82, 2.24) is 5.32 Å². The van der Waals surface area contributed by atoms with Crippen molar-refractivity contribution >= 4 is 5.96 Å². The van der Waals surface area contributed by atoms with Crippen LogP contribution in [-0.4, -0.2) is 18.5 Å². The third kappa shape index (κ3) is 2.54. The number of fused-ring (bicyclic) bond motifs is 1. The molecule has 1 aliphatic carbocycles. The van der Waals surface area contributed by atoms with Crippen molar-refractivity contribution in [3.63, 3.8) is 0 Å². The molecule has 0 aliphatic heterocycles. The zero-order chi connectivity index (χ0) is 11.4. The van der Waals surface area contributed by atoms with Gasteiger partial charge in [-0.15, -0.1) is 0 Å². The van der Waals surface area contributed by atoms with Gasteiger partial charge in [-0.1, -0.05) is 31.2 Å². The Balaban J connectivity index is 1.92. The molecule has 0 aromatic heterocycles. The second kappa shape index (κ2) is 5.01. The molecule has 0 amide bonds. The van der Waals surface area contributed by atoms with Gasteiger partial charge in [-0.05, 0) is 30.4 Å². The summed E-state index contributed by atoms with van der Waals surface area (Å²) >= 11 is 0. The van der Waals surface area contributed by atoms with Gasteiger partial charge in [0, 0.05) is 12.6 Å². The average molecular weight is 217 g/mol. The van der Waals surface area contributed by atoms with Crippen LogP contribution in [0, 0.1) is 0 Å². The molecule has 16 heavy (non-hydrogen) atoms. The largest absolute Gasteiger partial charge is 0.370 e. The zero-order valence-electron chi connectivity index (χ0n) is 9.74. The summed E-state index contributed by atoms with van der Waals surface area (Å²) in [5, 5.41) is 3.29. The summed E-state index contributed by atoms with van der Waals surface area (Å²) in [5.41, 5.74) is 8.68. The van der Waals surface area contributed by atoms with Crippen LogP contribution in [0.3, 0.4) is 0 Å². The minimum Gasteiger partial charge on any atom is -0.370 e. The summed E-state index contributed by atoms with van der Waals surface area (Å²) in [7, 11) is 0. The topological polar surface area (TPSA) is 50.4 Å². The van der Waals surface area contributed by atoms with Crippen LogP contribution in [-0.2, 0) is 12.8 Å². The Morgan fingerprint density at radius 1 is 1.38 bits per heavy atom. The van der Waals surface area contributed by atoms with E-state index < -0.39 is 0 Å². The summed E-state index contributed by atoms with van der Waals surface area (Å²) in [6.45, 7) is 2.90. The van der Waals surface area contributed by atoms with Crippen LogP contribution in [0.2, 0.25) is 0 Å². The highest BCUT2D eigenvalue weighted by Gasteiger charge is 2.20. The fourth-order valence-corrected chi connectivity index (χ4v) is 2.15. The molecule has 1 aromatic rings. The van der Waals surface area contributed by atoms with E-state index in [1.165, 1.54) is 11.1 Å². The highest BCUT2D eigenvalue weighted by atomic mass is 15.1. The van der Waals surface area contributed by atoms with Crippen LogP contribution in [0.1, 0.15) is 24.5 Å². The van der Waals surface area contributed by atoms with E-state index in [1.54, 1.807) is 0 Å². The molecule has 2 rings (SSSR count). The highest BCUT2D eigenvalue weighted by Crippen LogP contribution is 2.21. The van der Waals surface area contributed by atoms with Gasteiger partial charge in [-0.25, -0.2) is 0 Å². The Hall–Kier alpha value is -1.51. The highest BCUT2D eigenvalue weighted by molar-refractivity contribution is 5.78. The Labute approximate surface area is 96.8 Å². The third-order valence-electron chi connectivity index (χ3n) is 2.91. The molecule has 0 saturated carbocycles. The summed E-state index contributed by atoms with van der Waals surface area (Å²) in [6, 6.07) is 8.98. The van der Waals surface area contributed by atoms with Gasteiger partial charge < -0.3 is 11.1 Å². The molecule has 3 heteroatoms. The van der Waals surface area contributed by atoms with E-state index in [2.05, 4.69) is 41.5 Å². The molecule has 0 fully saturated rings. The van der Waals surface area contributed by atoms with Crippen LogP contribution in [0.5, 0.6) is 0 Å². The number of nitrogens with two attached hydrogens (primary N) is 1. The molecule has 3 nitrogen and oxygen atoms in total. The van der Waals surface area contributed by atoms with E-state index in [9.17, 15) is 0 Å². The summed E-state index contributed by atoms with van der Waals surface area (Å²) in [4.78, 5) is 4.25. The van der Waals surface area contributed by atoms with Gasteiger partial charge in [-0.3, -0.25) is 4.99 Å². The number of hydrogen-bond donors (Lipinski definition) is 2. The maximum absolute atomic E-state index is 5.81. The molecule has 0 bridgehead atoms. The smallest absolute Gasteiger partial charge is 0.188 e. The van der Waals surface area contributed by atoms with E-state index in [0.29, 0.717) is 12.0 Å². The Kier molecular flexibility index (Phi) is 3.44. The first-order valence-electron chi connectivity index (χ1n) is 5.93. The number of aliphatic imine (C=N–C) groups is 1. The van der Waals surface area contributed by atoms with Crippen molar-refractivity contribution in [3.05, 3.63) is 35.4 Å². The fourth-order valence-electron chi connectivity index (χ4n) is 2.15. The molecule has 3 N–H and O–H groups in total. The number of guanidine groups is 1. The number of hydrogen-bond acceptors (Lipinski definition) is 1. The predicted octanol–water partition coefficient (Wildman–Crippen LogP) is 1.47. The lowest BCUT2D eigenvalue weighted by Crippen LogP contribution is -2.40. The third-order valence-corrected chi connectivity index (χ3v) is 2.91. The van der Waals surface area contributed by atoms with Crippen molar-refractivity contribution in [1.29, 1.82) is 0 Å². The van der Waals surface area contributed by atoms with Crippen molar-refractivity contribution in [2.45, 2.75) is 32.2 Å². The SMILES string of the molecule is CCCN=C(N)NC1Cc2ccccc2C1. The second-order valence-corrected chi connectivity index (χ2v) is 4.29. The maximum atomic E-state index is 5.81. The van der Waals surface area contributed by atoms with Gasteiger partial charge in [0.15, 0.2) is 5.96 Å². The summed E-state index contributed by atoms with van der Waals surface area (Å²) in [5.74, 6) is 0.583. The van der Waals surface area contributed by atoms with Gasteiger partial charge in [0.25, 0.3) is 0 Å². The van der Waals surface area contributed by atoms with Gasteiger partial charge in [0.1, 0.15) is 0 Å². The molecule has 0 spiro atoms. The monoisotopic (exact) mass is 217 g/mol. The molecular formula is C13H19N3. The van der Waals surface area contributed by atoms with Crippen LogP contribution in [0.4, 0.5) is 0 Å². The molecular weight excluding hydrogens is 198 g/mol. The van der Waals surface area contributed by atoms with Crippen molar-refractivity contribution in [2.75, 3.05) is 6.54 Å². The standard InChI is InChI=1S/C13H19N3/c1-2-7-15-13(14)16-12-8-10-5-3-4-6-11(10)9-12/h3-6,12H,2,7-9H2,1H3,(H3,14,15,16). The van der Waals surface area contributed by atoms with Crippen molar-refractivity contribution < 1.29 is 0 Å². The van der Waals surface area contributed by atoms with Crippen molar-refractivity contribution in [3.8, 4) is 0 Å². The van der Waals surface area contributed by atoms with E-state index in [4.69, 9.17) is 5.73 Å².